The van der Waals surface area contributed by atoms with Crippen molar-refractivity contribution in [2.75, 3.05) is 7.11 Å². The molecular weight excluding hydrogens is 338 g/mol. The molecule has 1 amide bonds. The van der Waals surface area contributed by atoms with E-state index in [0.29, 0.717) is 5.75 Å². The average Bonchev–Trinajstić information content (AvgIpc) is 2.66. The minimum absolute atomic E-state index is 0.122. The zero-order valence-corrected chi connectivity index (χ0v) is 14.0. The summed E-state index contributed by atoms with van der Waals surface area (Å²) >= 11 is 0. The lowest BCUT2D eigenvalue weighted by atomic mass is 10.2. The van der Waals surface area contributed by atoms with Crippen molar-refractivity contribution >= 4 is 23.2 Å². The Bertz CT molecular complexity index is 1110. The van der Waals surface area contributed by atoms with Crippen LogP contribution in [0.4, 0.5) is 0 Å². The van der Waals surface area contributed by atoms with Crippen molar-refractivity contribution in [1.82, 2.24) is 20.0 Å². The van der Waals surface area contributed by atoms with E-state index in [9.17, 15) is 14.4 Å². The second-order valence-corrected chi connectivity index (χ2v) is 5.39. The van der Waals surface area contributed by atoms with Gasteiger partial charge in [-0.25, -0.2) is 15.2 Å². The van der Waals surface area contributed by atoms with Crippen molar-refractivity contribution in [2.24, 2.45) is 12.1 Å². The third-order valence-corrected chi connectivity index (χ3v) is 3.71. The first-order valence-electron chi connectivity index (χ1n) is 7.56. The lowest BCUT2D eigenvalue weighted by Crippen LogP contribution is -2.33. The highest BCUT2D eigenvalue weighted by Gasteiger charge is 2.10. The molecule has 0 saturated carbocycles. The van der Waals surface area contributed by atoms with E-state index in [1.165, 1.54) is 25.5 Å². The topological polar surface area (TPSA) is 118 Å². The van der Waals surface area contributed by atoms with Gasteiger partial charge in [0.1, 0.15) is 11.4 Å². The minimum Gasteiger partial charge on any atom is -0.497 e. The highest BCUT2D eigenvalue weighted by molar-refractivity contribution is 5.97. The van der Waals surface area contributed by atoms with Crippen LogP contribution < -0.4 is 21.4 Å². The molecule has 132 valence electrons. The number of hydrogen-bond acceptors (Lipinski definition) is 6. The normalized spacial score (nSPS) is 11.0. The minimum atomic E-state index is -0.573. The summed E-state index contributed by atoms with van der Waals surface area (Å²) in [6.07, 6.45) is 2.73. The largest absolute Gasteiger partial charge is 0.497 e. The Morgan fingerprint density at radius 3 is 2.73 bits per heavy atom. The van der Waals surface area contributed by atoms with Crippen LogP contribution in [0, 0.1) is 0 Å². The predicted molar refractivity (Wildman–Crippen MR) is 95.7 cm³/mol. The van der Waals surface area contributed by atoms with E-state index < -0.39 is 17.2 Å². The Morgan fingerprint density at radius 1 is 1.31 bits per heavy atom. The summed E-state index contributed by atoms with van der Waals surface area (Å²) in [5.74, 6) is 0.186. The van der Waals surface area contributed by atoms with Gasteiger partial charge in [0.2, 0.25) is 0 Å². The van der Waals surface area contributed by atoms with Crippen molar-refractivity contribution in [3.8, 4) is 5.75 Å². The number of aromatic nitrogens is 3. The lowest BCUT2D eigenvalue weighted by molar-refractivity contribution is 0.0955. The number of amides is 1. The third kappa shape index (κ3) is 3.36. The average molecular weight is 353 g/mol. The number of nitrogens with zero attached hydrogens (tertiary/aromatic N) is 3. The van der Waals surface area contributed by atoms with Crippen LogP contribution in [0.15, 0.2) is 51.2 Å². The van der Waals surface area contributed by atoms with Crippen LogP contribution in [-0.4, -0.2) is 33.8 Å². The molecule has 26 heavy (non-hydrogen) atoms. The van der Waals surface area contributed by atoms with E-state index in [4.69, 9.17) is 4.74 Å². The molecule has 0 atom stereocenters. The van der Waals surface area contributed by atoms with Gasteiger partial charge in [-0.1, -0.05) is 0 Å². The van der Waals surface area contributed by atoms with Gasteiger partial charge in [0.15, 0.2) is 0 Å². The second-order valence-electron chi connectivity index (χ2n) is 5.39. The number of H-pyrrole nitrogens is 1. The van der Waals surface area contributed by atoms with Gasteiger partial charge in [-0.05, 0) is 35.9 Å². The number of benzene rings is 1. The molecule has 1 aromatic carbocycles. The number of rotatable bonds is 4. The maximum atomic E-state index is 12.2. The molecule has 9 nitrogen and oxygen atoms in total. The smallest absolute Gasteiger partial charge is 0.329 e. The van der Waals surface area contributed by atoms with E-state index in [-0.39, 0.29) is 16.6 Å². The second kappa shape index (κ2) is 7.01. The van der Waals surface area contributed by atoms with Gasteiger partial charge >= 0.3 is 5.69 Å². The summed E-state index contributed by atoms with van der Waals surface area (Å²) in [5, 5.41) is 4.01. The first-order chi connectivity index (χ1) is 12.5. The van der Waals surface area contributed by atoms with E-state index in [1.54, 1.807) is 31.4 Å². The third-order valence-electron chi connectivity index (χ3n) is 3.71. The fourth-order valence-electron chi connectivity index (χ4n) is 2.23. The Morgan fingerprint density at radius 2 is 2.04 bits per heavy atom. The monoisotopic (exact) mass is 353 g/mol. The van der Waals surface area contributed by atoms with Crippen LogP contribution >= 0.6 is 0 Å². The Hall–Kier alpha value is -3.75. The molecule has 9 heteroatoms. The first kappa shape index (κ1) is 17.1. The maximum Gasteiger partial charge on any atom is 0.329 e. The number of ether oxygens (including phenoxy) is 1. The quantitative estimate of drug-likeness (QED) is 0.520. The van der Waals surface area contributed by atoms with Crippen LogP contribution in [0.25, 0.3) is 11.0 Å². The number of carbonyl (C=O) groups excluding carboxylic acids is 1. The molecule has 0 bridgehead atoms. The summed E-state index contributed by atoms with van der Waals surface area (Å²) in [7, 11) is 2.91. The molecule has 0 aliphatic rings. The Balaban J connectivity index is 1.80. The molecule has 2 aromatic heterocycles. The highest BCUT2D eigenvalue weighted by Crippen LogP contribution is 2.09. The van der Waals surface area contributed by atoms with E-state index in [1.807, 2.05) is 0 Å². The molecule has 0 radical (unpaired) electrons. The number of aromatic amines is 1. The van der Waals surface area contributed by atoms with Crippen LogP contribution in [0.5, 0.6) is 5.75 Å². The van der Waals surface area contributed by atoms with Crippen molar-refractivity contribution in [1.29, 1.82) is 0 Å². The molecule has 0 spiro atoms. The number of methoxy groups -OCH3 is 1. The van der Waals surface area contributed by atoms with Gasteiger partial charge in [0, 0.05) is 13.2 Å². The molecule has 0 saturated heterocycles. The molecule has 3 aromatic rings. The van der Waals surface area contributed by atoms with E-state index in [2.05, 4.69) is 20.5 Å². The van der Waals surface area contributed by atoms with Gasteiger partial charge in [0.25, 0.3) is 11.5 Å². The SMILES string of the molecule is COc1ccc(/C=N/NC(=O)c2cnc3[nH]c(=O)n(C)c(=O)c3c2)cc1. The molecule has 3 rings (SSSR count). The fourth-order valence-corrected chi connectivity index (χ4v) is 2.23. The van der Waals surface area contributed by atoms with Gasteiger partial charge in [-0.3, -0.25) is 19.1 Å². The number of hydrazone groups is 1. The van der Waals surface area contributed by atoms with Gasteiger partial charge in [-0.2, -0.15) is 5.10 Å². The number of nitrogens with one attached hydrogen (secondary N) is 2. The number of fused-ring (bicyclic) bond motifs is 1. The van der Waals surface area contributed by atoms with Crippen LogP contribution in [0.2, 0.25) is 0 Å². The van der Waals surface area contributed by atoms with Crippen LogP contribution in [0.3, 0.4) is 0 Å². The van der Waals surface area contributed by atoms with Crippen molar-refractivity contribution < 1.29 is 9.53 Å². The number of pyridine rings is 1. The van der Waals surface area contributed by atoms with Crippen molar-refractivity contribution in [3.05, 3.63) is 68.5 Å². The Kier molecular flexibility index (Phi) is 4.61. The summed E-state index contributed by atoms with van der Waals surface area (Å²) in [4.78, 5) is 42.3. The molecule has 0 unspecified atom stereocenters. The molecule has 0 fully saturated rings. The summed E-state index contributed by atoms with van der Waals surface area (Å²) in [5.41, 5.74) is 2.30. The van der Waals surface area contributed by atoms with Crippen molar-refractivity contribution in [2.45, 2.75) is 0 Å². The molecule has 2 heterocycles. The summed E-state index contributed by atoms with van der Waals surface area (Å²) < 4.78 is 5.97. The zero-order chi connectivity index (χ0) is 18.7. The highest BCUT2D eigenvalue weighted by atomic mass is 16.5. The van der Waals surface area contributed by atoms with Crippen molar-refractivity contribution in [3.63, 3.8) is 0 Å². The standard InChI is InChI=1S/C17H15N5O4/c1-22-16(24)13-7-11(9-18-14(13)20-17(22)25)15(23)21-19-8-10-3-5-12(26-2)6-4-10/h3-9H,1-2H3,(H,21,23)(H,18,20,25)/b19-8+. The Labute approximate surface area is 147 Å². The van der Waals surface area contributed by atoms with E-state index >= 15 is 0 Å². The zero-order valence-electron chi connectivity index (χ0n) is 14.0. The molecule has 0 aliphatic heterocycles. The summed E-state index contributed by atoms with van der Waals surface area (Å²) in [6.45, 7) is 0. The maximum absolute atomic E-state index is 12.2. The van der Waals surface area contributed by atoms with Crippen LogP contribution in [-0.2, 0) is 7.05 Å². The fraction of sp³-hybridized carbons (Fsp3) is 0.118. The first-order valence-corrected chi connectivity index (χ1v) is 7.56. The summed E-state index contributed by atoms with van der Waals surface area (Å²) in [6, 6.07) is 8.47. The van der Waals surface area contributed by atoms with Crippen LogP contribution in [0.1, 0.15) is 15.9 Å². The van der Waals surface area contributed by atoms with E-state index in [0.717, 1.165) is 10.1 Å². The van der Waals surface area contributed by atoms with Gasteiger partial charge < -0.3 is 4.74 Å². The number of hydrogen-bond donors (Lipinski definition) is 2. The lowest BCUT2D eigenvalue weighted by Gasteiger charge is -2.03. The number of carbonyl (C=O) groups is 1. The van der Waals surface area contributed by atoms with Gasteiger partial charge in [0.05, 0.1) is 24.3 Å². The molecule has 2 N–H and O–H groups in total. The molecule has 0 aliphatic carbocycles. The van der Waals surface area contributed by atoms with Gasteiger partial charge in [-0.15, -0.1) is 0 Å². The molecular formula is C17H15N5O4. The predicted octanol–water partition coefficient (Wildman–Crippen LogP) is 0.394.